The van der Waals surface area contributed by atoms with Crippen molar-refractivity contribution in [1.29, 1.82) is 0 Å². The number of carbonyl (C=O) groups excluding carboxylic acids is 2. The average molecular weight is 744 g/mol. The van der Waals surface area contributed by atoms with Crippen LogP contribution < -0.4 is 4.74 Å². The van der Waals surface area contributed by atoms with Gasteiger partial charge in [-0.2, -0.15) is 0 Å². The minimum Gasteiger partial charge on any atom is -0.461 e. The van der Waals surface area contributed by atoms with Crippen molar-refractivity contribution in [3.05, 3.63) is 90.4 Å². The summed E-state index contributed by atoms with van der Waals surface area (Å²) in [7, 11) is 0. The maximum Gasteiger partial charge on any atom is 0.415 e. The molecule has 0 aliphatic heterocycles. The fourth-order valence-electron chi connectivity index (χ4n) is 14.5. The smallest absolute Gasteiger partial charge is 0.415 e. The number of allylic oxidation sites excluding steroid dienone is 4. The van der Waals surface area contributed by atoms with E-state index < -0.39 is 34.0 Å². The molecule has 6 fully saturated rings. The van der Waals surface area contributed by atoms with E-state index in [4.69, 9.17) is 9.15 Å². The average Bonchev–Trinajstić information content (AvgIpc) is 3.80. The molecule has 290 valence electrons. The van der Waals surface area contributed by atoms with E-state index in [-0.39, 0.29) is 35.0 Å². The Bertz CT molecular complexity index is 2120. The van der Waals surface area contributed by atoms with Crippen LogP contribution in [0.1, 0.15) is 102 Å². The molecule has 7 nitrogen and oxygen atoms in total. The number of furan rings is 1. The summed E-state index contributed by atoms with van der Waals surface area (Å²) in [5, 5.41) is 26.4. The number of hydrogen-bond acceptors (Lipinski definition) is 6. The lowest BCUT2D eigenvalue weighted by Gasteiger charge is -2.71. The van der Waals surface area contributed by atoms with Crippen LogP contribution in [0.5, 0.6) is 5.75 Å². The van der Waals surface area contributed by atoms with E-state index in [0.29, 0.717) is 42.7 Å². The fraction of sp³-hybridized carbons (Fsp3) is 0.583. The SMILES string of the molecule is CC1(C)[C@H]2CC[C@@H](CN(C[C@]3(O)CC[C@H]4[C@]56C=C[C@@]7(C=C5C(=O)c5ccco5)CC(O)CC[C@]7(C)[C@H]6CC[C@@]43C)C(=O)Oc3ccc4ccccc4c3)[C@@H]1C2. The van der Waals surface area contributed by atoms with E-state index in [1.54, 1.807) is 18.4 Å². The quantitative estimate of drug-likeness (QED) is 0.185. The molecule has 4 bridgehead atoms. The highest BCUT2D eigenvalue weighted by Gasteiger charge is 2.75. The number of aliphatic hydroxyl groups excluding tert-OH is 1. The highest BCUT2D eigenvalue weighted by molar-refractivity contribution is 6.08. The molecule has 1 amide bonds. The molecule has 0 saturated heterocycles. The van der Waals surface area contributed by atoms with Crippen molar-refractivity contribution >= 4 is 22.6 Å². The molecule has 6 saturated carbocycles. The second-order valence-electron chi connectivity index (χ2n) is 20.1. The Balaban J connectivity index is 1.01. The second kappa shape index (κ2) is 11.9. The third kappa shape index (κ3) is 4.81. The van der Waals surface area contributed by atoms with Crippen LogP contribution in [-0.2, 0) is 0 Å². The Labute approximate surface area is 325 Å². The van der Waals surface area contributed by atoms with Crippen LogP contribution >= 0.6 is 0 Å². The van der Waals surface area contributed by atoms with Crippen molar-refractivity contribution in [1.82, 2.24) is 4.90 Å². The lowest BCUT2D eigenvalue weighted by Crippen LogP contribution is -2.67. The number of rotatable bonds is 7. The number of carbonyl (C=O) groups is 2. The van der Waals surface area contributed by atoms with Crippen LogP contribution in [-0.4, -0.2) is 51.8 Å². The molecule has 2 N–H and O–H groups in total. The Kier molecular flexibility index (Phi) is 7.74. The van der Waals surface area contributed by atoms with Gasteiger partial charge in [0.15, 0.2) is 5.76 Å². The van der Waals surface area contributed by atoms with Crippen LogP contribution in [0.2, 0.25) is 0 Å². The third-order valence-electron chi connectivity index (χ3n) is 17.8. The first-order valence-corrected chi connectivity index (χ1v) is 21.1. The molecular weight excluding hydrogens is 687 g/mol. The van der Waals surface area contributed by atoms with Crippen molar-refractivity contribution < 1.29 is 29.0 Å². The molecule has 11 atom stereocenters. The molecule has 9 aliphatic rings. The van der Waals surface area contributed by atoms with Gasteiger partial charge in [0.05, 0.1) is 24.5 Å². The third-order valence-corrected chi connectivity index (χ3v) is 17.8. The Morgan fingerprint density at radius 1 is 0.873 bits per heavy atom. The first-order valence-electron chi connectivity index (χ1n) is 21.1. The molecule has 3 aromatic rings. The van der Waals surface area contributed by atoms with Gasteiger partial charge in [-0.15, -0.1) is 0 Å². The van der Waals surface area contributed by atoms with Crippen LogP contribution in [0.15, 0.2) is 89.1 Å². The predicted octanol–water partition coefficient (Wildman–Crippen LogP) is 9.78. The molecule has 12 rings (SSSR count). The number of aliphatic hydroxyl groups is 2. The zero-order valence-electron chi connectivity index (χ0n) is 32.9. The van der Waals surface area contributed by atoms with E-state index in [1.165, 1.54) is 12.8 Å². The van der Waals surface area contributed by atoms with Crippen LogP contribution in [0.4, 0.5) is 4.79 Å². The first kappa shape index (κ1) is 35.7. The van der Waals surface area contributed by atoms with Gasteiger partial charge in [-0.3, -0.25) is 4.79 Å². The number of benzene rings is 2. The van der Waals surface area contributed by atoms with Crippen molar-refractivity contribution in [3.8, 4) is 5.75 Å². The summed E-state index contributed by atoms with van der Waals surface area (Å²) in [5.74, 6) is 2.57. The Morgan fingerprint density at radius 3 is 2.40 bits per heavy atom. The molecular formula is C48H57NO6. The number of amides is 1. The number of fused-ring (bicyclic) bond motifs is 4. The number of Topliss-reactive ketones (excluding diaryl/α,β-unsaturated/α-hetero) is 1. The van der Waals surface area contributed by atoms with Crippen molar-refractivity contribution in [2.75, 3.05) is 13.1 Å². The summed E-state index contributed by atoms with van der Waals surface area (Å²) in [4.78, 5) is 31.1. The molecule has 9 aliphatic carbocycles. The largest absolute Gasteiger partial charge is 0.461 e. The summed E-state index contributed by atoms with van der Waals surface area (Å²) < 4.78 is 12.0. The molecule has 1 heterocycles. The number of ether oxygens (including phenoxy) is 1. The fourth-order valence-corrected chi connectivity index (χ4v) is 14.5. The van der Waals surface area contributed by atoms with Gasteiger partial charge in [-0.25, -0.2) is 4.79 Å². The summed E-state index contributed by atoms with van der Waals surface area (Å²) in [6.45, 7) is 10.2. The first-order chi connectivity index (χ1) is 26.2. The van der Waals surface area contributed by atoms with Gasteiger partial charge >= 0.3 is 6.09 Å². The van der Waals surface area contributed by atoms with E-state index in [9.17, 15) is 19.8 Å². The topological polar surface area (TPSA) is 100 Å². The standard InChI is InChI=1S/C48H57NO6/c1-43(2)33-13-11-32(36(43)25-33)28-49(42(52)55-35-14-12-30-8-5-6-9-31(30)24-35)29-47(53)20-17-40-45(47,4)19-16-39-44(3)18-15-34(50)26-46(44)21-22-48(39,40)37(27-46)41(51)38-10-7-23-54-38/h5-10,12,14,21-24,27,32-34,36,39-40,50,53H,11,13,15-20,25-26,28-29H2,1-4H3/t32-,33-,34?,36-,39+,40+,44+,45-,46-,47+,48+/m0/s1. The highest BCUT2D eigenvalue weighted by Crippen LogP contribution is 2.78. The molecule has 1 aromatic heterocycles. The van der Waals surface area contributed by atoms with E-state index >= 15 is 0 Å². The van der Waals surface area contributed by atoms with Crippen molar-refractivity contribution in [2.45, 2.75) is 104 Å². The van der Waals surface area contributed by atoms with Gasteiger partial charge in [0, 0.05) is 28.4 Å². The number of ketones is 1. The van der Waals surface area contributed by atoms with Crippen LogP contribution in [0.3, 0.4) is 0 Å². The lowest BCUT2D eigenvalue weighted by molar-refractivity contribution is -0.176. The van der Waals surface area contributed by atoms with Gasteiger partial charge < -0.3 is 24.3 Å². The van der Waals surface area contributed by atoms with E-state index in [2.05, 4.69) is 52.0 Å². The van der Waals surface area contributed by atoms with E-state index in [1.807, 2.05) is 41.3 Å². The van der Waals surface area contributed by atoms with E-state index in [0.717, 1.165) is 60.8 Å². The number of hydrogen-bond donors (Lipinski definition) is 2. The molecule has 0 radical (unpaired) electrons. The lowest BCUT2D eigenvalue weighted by atomic mass is 9.32. The highest BCUT2D eigenvalue weighted by atomic mass is 16.6. The Hall–Kier alpha value is -3.68. The van der Waals surface area contributed by atoms with Crippen molar-refractivity contribution in [2.24, 2.45) is 56.7 Å². The molecule has 1 unspecified atom stereocenters. The number of nitrogens with zero attached hydrogens (tertiary/aromatic N) is 1. The minimum atomic E-state index is -1.19. The summed E-state index contributed by atoms with van der Waals surface area (Å²) >= 11 is 0. The second-order valence-corrected chi connectivity index (χ2v) is 20.1. The predicted molar refractivity (Wildman–Crippen MR) is 211 cm³/mol. The maximum atomic E-state index is 14.7. The zero-order valence-corrected chi connectivity index (χ0v) is 32.9. The maximum absolute atomic E-state index is 14.7. The summed E-state index contributed by atoms with van der Waals surface area (Å²) in [6.07, 6.45) is 16.3. The zero-order chi connectivity index (χ0) is 38.2. The van der Waals surface area contributed by atoms with Gasteiger partial charge in [0.25, 0.3) is 0 Å². The van der Waals surface area contributed by atoms with Crippen molar-refractivity contribution in [3.63, 3.8) is 0 Å². The monoisotopic (exact) mass is 743 g/mol. The molecule has 7 heteroatoms. The van der Waals surface area contributed by atoms with Crippen LogP contribution in [0, 0.1) is 56.7 Å². The Morgan fingerprint density at radius 2 is 1.64 bits per heavy atom. The normalized spacial score (nSPS) is 41.7. The van der Waals surface area contributed by atoms with Gasteiger partial charge in [-0.1, -0.05) is 76.3 Å². The van der Waals surface area contributed by atoms with Gasteiger partial charge in [-0.05, 0) is 140 Å². The molecule has 2 spiro atoms. The minimum absolute atomic E-state index is 0.0218. The summed E-state index contributed by atoms with van der Waals surface area (Å²) in [5.41, 5.74) is -1.85. The molecule has 55 heavy (non-hydrogen) atoms. The molecule has 2 aromatic carbocycles. The summed E-state index contributed by atoms with van der Waals surface area (Å²) in [6, 6.07) is 17.4. The van der Waals surface area contributed by atoms with Gasteiger partial charge in [0.1, 0.15) is 5.75 Å². The van der Waals surface area contributed by atoms with Gasteiger partial charge in [0.2, 0.25) is 5.78 Å². The van der Waals surface area contributed by atoms with Crippen LogP contribution in [0.25, 0.3) is 10.8 Å².